The molecule has 2 aromatic rings. The summed E-state index contributed by atoms with van der Waals surface area (Å²) in [5.74, 6) is 0.607. The topological polar surface area (TPSA) is 103 Å². The monoisotopic (exact) mass is 332 g/mol. The highest BCUT2D eigenvalue weighted by Gasteiger charge is 2.33. The predicted molar refractivity (Wildman–Crippen MR) is 91.0 cm³/mol. The Bertz CT molecular complexity index is 743. The zero-order valence-electron chi connectivity index (χ0n) is 12.4. The summed E-state index contributed by atoms with van der Waals surface area (Å²) in [6.45, 7) is 4.69. The molecule has 1 aliphatic heterocycles. The van der Waals surface area contributed by atoms with E-state index in [0.717, 1.165) is 17.0 Å². The molecule has 0 fully saturated rings. The van der Waals surface area contributed by atoms with Crippen LogP contribution >= 0.6 is 11.6 Å². The third-order valence-electron chi connectivity index (χ3n) is 3.76. The van der Waals surface area contributed by atoms with E-state index < -0.39 is 0 Å². The number of H-pyrrole nitrogens is 1. The minimum atomic E-state index is -0.147. The molecule has 4 N–H and O–H groups in total. The Balaban J connectivity index is 1.96. The van der Waals surface area contributed by atoms with Gasteiger partial charge in [-0.2, -0.15) is 4.98 Å². The number of nitrogen functional groups attached to an aromatic ring is 1. The van der Waals surface area contributed by atoms with Crippen LogP contribution in [0.4, 0.5) is 11.8 Å². The lowest BCUT2D eigenvalue weighted by Crippen LogP contribution is -2.30. The average Bonchev–Trinajstić information content (AvgIpc) is 3.15. The summed E-state index contributed by atoms with van der Waals surface area (Å²) in [5, 5.41) is 9.91. The van der Waals surface area contributed by atoms with Gasteiger partial charge in [-0.25, -0.2) is 4.98 Å². The number of aromatic nitrogens is 3. The Morgan fingerprint density at radius 2 is 2.43 bits per heavy atom. The second kappa shape index (κ2) is 6.39. The molecule has 23 heavy (non-hydrogen) atoms. The van der Waals surface area contributed by atoms with E-state index in [1.54, 1.807) is 0 Å². The van der Waals surface area contributed by atoms with Crippen LogP contribution < -0.4 is 10.6 Å². The molecule has 0 aromatic carbocycles. The van der Waals surface area contributed by atoms with Gasteiger partial charge in [0.1, 0.15) is 11.0 Å². The molecule has 0 amide bonds. The molecule has 1 atom stereocenters. The number of aliphatic imine (C=N–C) groups is 1. The van der Waals surface area contributed by atoms with Crippen molar-refractivity contribution in [1.82, 2.24) is 15.0 Å². The molecular weight excluding hydrogens is 316 g/mol. The van der Waals surface area contributed by atoms with E-state index in [4.69, 9.17) is 17.3 Å². The average molecular weight is 333 g/mol. The fraction of sp³-hybridized carbons (Fsp3) is 0.267. The molecule has 1 aliphatic rings. The lowest BCUT2D eigenvalue weighted by atomic mass is 10.1. The number of halogens is 1. The summed E-state index contributed by atoms with van der Waals surface area (Å²) in [7, 11) is 0. The maximum atomic E-state index is 9.62. The molecule has 3 rings (SSSR count). The Kier molecular flexibility index (Phi) is 4.31. The number of nitrogens with two attached hydrogens (primary N) is 1. The molecule has 3 heterocycles. The summed E-state index contributed by atoms with van der Waals surface area (Å²) in [6.07, 6.45) is 3.33. The van der Waals surface area contributed by atoms with Crippen LogP contribution in [0.5, 0.6) is 0 Å². The molecule has 0 bridgehead atoms. The maximum Gasteiger partial charge on any atom is 0.223 e. The van der Waals surface area contributed by atoms with Gasteiger partial charge >= 0.3 is 0 Å². The number of nitrogens with one attached hydrogen (secondary N) is 1. The number of aliphatic hydroxyl groups excluding tert-OH is 1. The van der Waals surface area contributed by atoms with Crippen molar-refractivity contribution in [3.8, 4) is 0 Å². The third-order valence-corrected chi connectivity index (χ3v) is 4.05. The van der Waals surface area contributed by atoms with Crippen molar-refractivity contribution in [2.75, 3.05) is 30.3 Å². The van der Waals surface area contributed by atoms with Gasteiger partial charge in [0.05, 0.1) is 24.6 Å². The van der Waals surface area contributed by atoms with Crippen LogP contribution in [0.25, 0.3) is 0 Å². The Morgan fingerprint density at radius 3 is 3.09 bits per heavy atom. The van der Waals surface area contributed by atoms with Gasteiger partial charge in [0.15, 0.2) is 0 Å². The summed E-state index contributed by atoms with van der Waals surface area (Å²) < 4.78 is 0. The van der Waals surface area contributed by atoms with Gasteiger partial charge in [0, 0.05) is 30.4 Å². The Hall–Kier alpha value is -2.38. The second-order valence-electron chi connectivity index (χ2n) is 5.21. The van der Waals surface area contributed by atoms with E-state index in [2.05, 4.69) is 26.5 Å². The van der Waals surface area contributed by atoms with Crippen LogP contribution in [-0.2, 0) is 0 Å². The van der Waals surface area contributed by atoms with E-state index in [1.165, 1.54) is 6.20 Å². The number of aliphatic hydroxyl groups is 1. The van der Waals surface area contributed by atoms with Crippen LogP contribution in [0, 0.1) is 0 Å². The van der Waals surface area contributed by atoms with Gasteiger partial charge in [0.25, 0.3) is 0 Å². The summed E-state index contributed by atoms with van der Waals surface area (Å²) in [5.41, 5.74) is 8.15. The lowest BCUT2D eigenvalue weighted by molar-refractivity contribution is 0.271. The first-order valence-corrected chi connectivity index (χ1v) is 7.52. The predicted octanol–water partition coefficient (Wildman–Crippen LogP) is 1.57. The molecule has 120 valence electrons. The molecule has 0 aliphatic carbocycles. The fourth-order valence-corrected chi connectivity index (χ4v) is 3.09. The quantitative estimate of drug-likeness (QED) is 0.569. The maximum absolute atomic E-state index is 9.62. The normalized spacial score (nSPS) is 17.4. The molecular formula is C15H17ClN6O. The first-order chi connectivity index (χ1) is 11.1. The van der Waals surface area contributed by atoms with Crippen LogP contribution in [0.2, 0.25) is 5.15 Å². The number of hydrogen-bond donors (Lipinski definition) is 3. The number of aromatic amines is 1. The van der Waals surface area contributed by atoms with Crippen LogP contribution in [0.15, 0.2) is 36.1 Å². The van der Waals surface area contributed by atoms with Gasteiger partial charge in [-0.15, -0.1) is 0 Å². The van der Waals surface area contributed by atoms with Crippen molar-refractivity contribution in [2.24, 2.45) is 4.99 Å². The van der Waals surface area contributed by atoms with E-state index in [0.29, 0.717) is 18.9 Å². The van der Waals surface area contributed by atoms with Crippen molar-refractivity contribution in [3.63, 3.8) is 0 Å². The second-order valence-corrected chi connectivity index (χ2v) is 5.57. The highest BCUT2D eigenvalue weighted by Crippen LogP contribution is 2.38. The molecule has 0 saturated heterocycles. The zero-order chi connectivity index (χ0) is 16.4. The first kappa shape index (κ1) is 15.5. The number of anilines is 2. The fourth-order valence-electron chi connectivity index (χ4n) is 2.77. The van der Waals surface area contributed by atoms with Gasteiger partial charge in [0.2, 0.25) is 5.95 Å². The zero-order valence-corrected chi connectivity index (χ0v) is 13.2. The summed E-state index contributed by atoms with van der Waals surface area (Å²) in [4.78, 5) is 17.7. The van der Waals surface area contributed by atoms with Crippen molar-refractivity contribution in [3.05, 3.63) is 47.5 Å². The number of rotatable bonds is 5. The Morgan fingerprint density at radius 1 is 1.61 bits per heavy atom. The van der Waals surface area contributed by atoms with Gasteiger partial charge in [-0.1, -0.05) is 18.2 Å². The molecule has 7 nitrogen and oxygen atoms in total. The SMILES string of the molecule is C=C/N=C(/CN1CC(CO)c2c(Cl)nc(N)nc21)c1ccc[nH]1. The lowest BCUT2D eigenvalue weighted by Gasteiger charge is -2.19. The number of nitrogens with zero attached hydrogens (tertiary/aromatic N) is 4. The smallest absolute Gasteiger partial charge is 0.223 e. The van der Waals surface area contributed by atoms with E-state index in [-0.39, 0.29) is 23.6 Å². The van der Waals surface area contributed by atoms with Crippen molar-refractivity contribution < 1.29 is 5.11 Å². The molecule has 0 spiro atoms. The minimum absolute atomic E-state index is 0.0348. The van der Waals surface area contributed by atoms with E-state index in [1.807, 2.05) is 23.2 Å². The van der Waals surface area contributed by atoms with Gasteiger partial charge in [-0.05, 0) is 12.1 Å². The third kappa shape index (κ3) is 2.93. The number of hydrogen-bond acceptors (Lipinski definition) is 6. The van der Waals surface area contributed by atoms with Gasteiger partial charge < -0.3 is 20.7 Å². The molecule has 0 saturated carbocycles. The first-order valence-electron chi connectivity index (χ1n) is 7.14. The highest BCUT2D eigenvalue weighted by molar-refractivity contribution is 6.30. The molecule has 0 radical (unpaired) electrons. The Labute approximate surface area is 138 Å². The van der Waals surface area contributed by atoms with Gasteiger partial charge in [-0.3, -0.25) is 4.99 Å². The molecule has 1 unspecified atom stereocenters. The van der Waals surface area contributed by atoms with Crippen molar-refractivity contribution in [2.45, 2.75) is 5.92 Å². The summed E-state index contributed by atoms with van der Waals surface area (Å²) in [6, 6.07) is 3.84. The largest absolute Gasteiger partial charge is 0.396 e. The van der Waals surface area contributed by atoms with Crippen LogP contribution in [0.3, 0.4) is 0 Å². The molecule has 2 aromatic heterocycles. The van der Waals surface area contributed by atoms with E-state index in [9.17, 15) is 5.11 Å². The van der Waals surface area contributed by atoms with Crippen molar-refractivity contribution >= 4 is 29.1 Å². The van der Waals surface area contributed by atoms with Crippen LogP contribution in [0.1, 0.15) is 17.2 Å². The highest BCUT2D eigenvalue weighted by atomic mass is 35.5. The van der Waals surface area contributed by atoms with Crippen LogP contribution in [-0.4, -0.2) is 45.5 Å². The molecule has 8 heteroatoms. The number of fused-ring (bicyclic) bond motifs is 1. The standard InChI is InChI=1S/C15H17ClN6O/c1-2-18-11(10-4-3-5-19-10)7-22-6-9(8-23)12-13(16)20-15(17)21-14(12)22/h2-5,9,19,23H,1,6-8H2,(H2,17,20,21)/b18-11-. The van der Waals surface area contributed by atoms with Crippen molar-refractivity contribution in [1.29, 1.82) is 0 Å². The summed E-state index contributed by atoms with van der Waals surface area (Å²) >= 11 is 6.19. The minimum Gasteiger partial charge on any atom is -0.396 e. The van der Waals surface area contributed by atoms with E-state index >= 15 is 0 Å².